The first kappa shape index (κ1) is 19.4. The SMILES string of the molecule is Cc1nn([C@H]2CCS(=O)(=O)C2)c(Cl)c1/C=C/C(=O)OCC(=O)c1ccc[nH]1. The van der Waals surface area contributed by atoms with Crippen LogP contribution in [0, 0.1) is 6.92 Å². The fraction of sp³-hybridized carbons (Fsp3) is 0.353. The molecule has 27 heavy (non-hydrogen) atoms. The zero-order valence-electron chi connectivity index (χ0n) is 14.5. The maximum Gasteiger partial charge on any atom is 0.331 e. The Kier molecular flexibility index (Phi) is 5.52. The van der Waals surface area contributed by atoms with Crippen LogP contribution in [0.4, 0.5) is 0 Å². The minimum absolute atomic E-state index is 0.000108. The van der Waals surface area contributed by atoms with Crippen LogP contribution >= 0.6 is 11.6 Å². The third-order valence-electron chi connectivity index (χ3n) is 4.26. The Morgan fingerprint density at radius 3 is 2.89 bits per heavy atom. The molecule has 0 saturated carbocycles. The Bertz CT molecular complexity index is 992. The summed E-state index contributed by atoms with van der Waals surface area (Å²) in [7, 11) is -3.07. The van der Waals surface area contributed by atoms with Gasteiger partial charge in [0, 0.05) is 17.8 Å². The quantitative estimate of drug-likeness (QED) is 0.442. The number of ketones is 1. The molecule has 1 fully saturated rings. The molecule has 0 aliphatic carbocycles. The number of rotatable bonds is 6. The lowest BCUT2D eigenvalue weighted by molar-refractivity contribution is -0.136. The van der Waals surface area contributed by atoms with Crippen LogP contribution in [0.2, 0.25) is 5.15 Å². The summed E-state index contributed by atoms with van der Waals surface area (Å²) in [5.74, 6) is -0.924. The average Bonchev–Trinajstić information content (AvgIpc) is 3.32. The molecular weight excluding hydrogens is 394 g/mol. The van der Waals surface area contributed by atoms with Gasteiger partial charge in [-0.3, -0.25) is 4.79 Å². The van der Waals surface area contributed by atoms with Crippen LogP contribution in [0.15, 0.2) is 24.4 Å². The second-order valence-electron chi connectivity index (χ2n) is 6.24. The maximum atomic E-state index is 11.8. The van der Waals surface area contributed by atoms with Crippen LogP contribution < -0.4 is 0 Å². The summed E-state index contributed by atoms with van der Waals surface area (Å²) in [6.07, 6.45) is 4.67. The smallest absolute Gasteiger partial charge is 0.331 e. The second-order valence-corrected chi connectivity index (χ2v) is 8.83. The Labute approximate surface area is 161 Å². The third-order valence-corrected chi connectivity index (χ3v) is 6.38. The van der Waals surface area contributed by atoms with Gasteiger partial charge in [0.05, 0.1) is 28.9 Å². The number of ether oxygens (including phenoxy) is 1. The van der Waals surface area contributed by atoms with Crippen molar-refractivity contribution in [1.82, 2.24) is 14.8 Å². The van der Waals surface area contributed by atoms with E-state index in [2.05, 4.69) is 10.1 Å². The van der Waals surface area contributed by atoms with Gasteiger partial charge in [-0.05, 0) is 31.6 Å². The molecule has 0 unspecified atom stereocenters. The van der Waals surface area contributed by atoms with E-state index in [-0.39, 0.29) is 35.1 Å². The molecule has 3 heterocycles. The summed E-state index contributed by atoms with van der Waals surface area (Å²) in [5, 5.41) is 4.57. The number of aromatic nitrogens is 3. The van der Waals surface area contributed by atoms with E-state index in [0.29, 0.717) is 23.4 Å². The van der Waals surface area contributed by atoms with Crippen molar-refractivity contribution in [1.29, 1.82) is 0 Å². The number of sulfone groups is 1. The van der Waals surface area contributed by atoms with Gasteiger partial charge in [0.15, 0.2) is 16.4 Å². The highest BCUT2D eigenvalue weighted by Crippen LogP contribution is 2.30. The fourth-order valence-corrected chi connectivity index (χ4v) is 4.92. The van der Waals surface area contributed by atoms with Crippen molar-refractivity contribution in [3.05, 3.63) is 46.5 Å². The first-order valence-electron chi connectivity index (χ1n) is 8.23. The number of carbonyl (C=O) groups excluding carboxylic acids is 2. The van der Waals surface area contributed by atoms with E-state index < -0.39 is 15.8 Å². The minimum Gasteiger partial charge on any atom is -0.454 e. The van der Waals surface area contributed by atoms with Gasteiger partial charge in [0.2, 0.25) is 5.78 Å². The van der Waals surface area contributed by atoms with Crippen LogP contribution in [-0.4, -0.2) is 53.0 Å². The Hall–Kier alpha value is -2.39. The van der Waals surface area contributed by atoms with Gasteiger partial charge in [0.1, 0.15) is 5.15 Å². The molecule has 8 nitrogen and oxygen atoms in total. The number of halogens is 1. The molecule has 1 N–H and O–H groups in total. The van der Waals surface area contributed by atoms with Gasteiger partial charge in [-0.15, -0.1) is 0 Å². The van der Waals surface area contributed by atoms with Crippen molar-refractivity contribution in [2.75, 3.05) is 18.1 Å². The minimum atomic E-state index is -3.07. The van der Waals surface area contributed by atoms with Gasteiger partial charge >= 0.3 is 5.97 Å². The Morgan fingerprint density at radius 1 is 1.48 bits per heavy atom. The molecule has 3 rings (SSSR count). The Morgan fingerprint density at radius 2 is 2.26 bits per heavy atom. The summed E-state index contributed by atoms with van der Waals surface area (Å²) < 4.78 is 29.7. The van der Waals surface area contributed by atoms with Crippen molar-refractivity contribution >= 4 is 39.3 Å². The largest absolute Gasteiger partial charge is 0.454 e. The van der Waals surface area contributed by atoms with Gasteiger partial charge in [-0.2, -0.15) is 5.10 Å². The van der Waals surface area contributed by atoms with E-state index in [4.69, 9.17) is 16.3 Å². The second kappa shape index (κ2) is 7.69. The summed E-state index contributed by atoms with van der Waals surface area (Å²) >= 11 is 6.33. The van der Waals surface area contributed by atoms with E-state index in [0.717, 1.165) is 6.08 Å². The first-order valence-corrected chi connectivity index (χ1v) is 10.4. The summed E-state index contributed by atoms with van der Waals surface area (Å²) in [5.41, 5.74) is 1.43. The number of aromatic amines is 1. The fourth-order valence-electron chi connectivity index (χ4n) is 2.85. The Balaban J connectivity index is 1.65. The number of hydrogen-bond donors (Lipinski definition) is 1. The van der Waals surface area contributed by atoms with Crippen LogP contribution in [-0.2, 0) is 19.4 Å². The lowest BCUT2D eigenvalue weighted by atomic mass is 10.2. The van der Waals surface area contributed by atoms with Crippen LogP contribution in [0.25, 0.3) is 6.08 Å². The van der Waals surface area contributed by atoms with E-state index in [1.165, 1.54) is 10.8 Å². The standard InChI is InChI=1S/C17H18ClN3O5S/c1-11-13(17(18)21(20-11)12-6-8-27(24,25)10-12)4-5-16(23)26-9-15(22)14-3-2-7-19-14/h2-5,7,12,19H,6,8-10H2,1H3/b5-4+/t12-/m0/s1. The number of nitrogens with zero attached hydrogens (tertiary/aromatic N) is 2. The predicted octanol–water partition coefficient (Wildman–Crippen LogP) is 1.97. The van der Waals surface area contributed by atoms with Gasteiger partial charge in [-0.1, -0.05) is 11.6 Å². The molecule has 2 aromatic heterocycles. The monoisotopic (exact) mass is 411 g/mol. The molecule has 1 saturated heterocycles. The number of Topliss-reactive ketones (excluding diaryl/α,β-unsaturated/α-hetero) is 1. The summed E-state index contributed by atoms with van der Waals surface area (Å²) in [6, 6.07) is 2.95. The topological polar surface area (TPSA) is 111 Å². The highest BCUT2D eigenvalue weighted by atomic mass is 35.5. The summed E-state index contributed by atoms with van der Waals surface area (Å²) in [4.78, 5) is 26.4. The molecule has 2 aromatic rings. The first-order chi connectivity index (χ1) is 12.8. The number of aryl methyl sites for hydroxylation is 1. The van der Waals surface area contributed by atoms with Gasteiger partial charge in [-0.25, -0.2) is 17.9 Å². The zero-order valence-corrected chi connectivity index (χ0v) is 16.1. The van der Waals surface area contributed by atoms with E-state index in [1.54, 1.807) is 25.3 Å². The van der Waals surface area contributed by atoms with Gasteiger partial charge in [0.25, 0.3) is 0 Å². The van der Waals surface area contributed by atoms with Crippen molar-refractivity contribution in [3.8, 4) is 0 Å². The van der Waals surface area contributed by atoms with Crippen molar-refractivity contribution < 1.29 is 22.7 Å². The van der Waals surface area contributed by atoms with E-state index in [9.17, 15) is 18.0 Å². The molecule has 0 bridgehead atoms. The predicted molar refractivity (Wildman–Crippen MR) is 99.4 cm³/mol. The van der Waals surface area contributed by atoms with E-state index in [1.807, 2.05) is 0 Å². The zero-order chi connectivity index (χ0) is 19.6. The number of carbonyl (C=O) groups is 2. The third kappa shape index (κ3) is 4.48. The van der Waals surface area contributed by atoms with Crippen molar-refractivity contribution in [2.24, 2.45) is 0 Å². The highest BCUT2D eigenvalue weighted by molar-refractivity contribution is 7.91. The molecule has 1 atom stereocenters. The molecule has 1 aliphatic rings. The highest BCUT2D eigenvalue weighted by Gasteiger charge is 2.31. The summed E-state index contributed by atoms with van der Waals surface area (Å²) in [6.45, 7) is 1.33. The van der Waals surface area contributed by atoms with Gasteiger partial charge < -0.3 is 9.72 Å². The maximum absolute atomic E-state index is 11.8. The lowest BCUT2D eigenvalue weighted by Gasteiger charge is -2.09. The molecule has 1 aliphatic heterocycles. The molecule has 0 spiro atoms. The normalized spacial score (nSPS) is 18.8. The van der Waals surface area contributed by atoms with Crippen LogP contribution in [0.5, 0.6) is 0 Å². The number of nitrogens with one attached hydrogen (secondary N) is 1. The molecule has 0 amide bonds. The molecule has 10 heteroatoms. The molecular formula is C17H18ClN3O5S. The van der Waals surface area contributed by atoms with E-state index >= 15 is 0 Å². The number of hydrogen-bond acceptors (Lipinski definition) is 6. The number of H-pyrrole nitrogens is 1. The van der Waals surface area contributed by atoms with Crippen LogP contribution in [0.3, 0.4) is 0 Å². The van der Waals surface area contributed by atoms with Crippen LogP contribution in [0.1, 0.15) is 34.2 Å². The molecule has 144 valence electrons. The molecule has 0 radical (unpaired) electrons. The number of esters is 1. The van der Waals surface area contributed by atoms with Crippen molar-refractivity contribution in [3.63, 3.8) is 0 Å². The average molecular weight is 412 g/mol. The van der Waals surface area contributed by atoms with Crippen molar-refractivity contribution in [2.45, 2.75) is 19.4 Å². The lowest BCUT2D eigenvalue weighted by Crippen LogP contribution is -2.13. The molecule has 0 aromatic carbocycles.